The quantitative estimate of drug-likeness (QED) is 0.371. The first-order chi connectivity index (χ1) is 9.70. The molecule has 0 aliphatic heterocycles. The largest absolute Gasteiger partial charge is 0.513 e. The standard InChI is InChI=1S/C17H14O3/c1-11-6-5-9-14-15(11)10-12-7-3-4-8-13(12)16(14)20-17(18)19-2/h3-10H,1-2H3. The summed E-state index contributed by atoms with van der Waals surface area (Å²) in [6.07, 6.45) is -0.704. The van der Waals surface area contributed by atoms with Crippen LogP contribution in [0, 0.1) is 6.92 Å². The number of ether oxygens (including phenoxy) is 2. The third-order valence-corrected chi connectivity index (χ3v) is 3.43. The second kappa shape index (κ2) is 4.85. The van der Waals surface area contributed by atoms with Crippen molar-refractivity contribution in [3.63, 3.8) is 0 Å². The summed E-state index contributed by atoms with van der Waals surface area (Å²) in [4.78, 5) is 11.5. The van der Waals surface area contributed by atoms with Crippen molar-refractivity contribution in [1.82, 2.24) is 0 Å². The Kier molecular flexibility index (Phi) is 3.03. The Labute approximate surface area is 116 Å². The van der Waals surface area contributed by atoms with E-state index in [-0.39, 0.29) is 0 Å². The van der Waals surface area contributed by atoms with E-state index in [2.05, 4.69) is 10.8 Å². The lowest BCUT2D eigenvalue weighted by Crippen LogP contribution is -2.08. The number of methoxy groups -OCH3 is 1. The molecule has 0 bridgehead atoms. The van der Waals surface area contributed by atoms with Crippen LogP contribution < -0.4 is 4.74 Å². The molecule has 3 nitrogen and oxygen atoms in total. The molecule has 0 amide bonds. The van der Waals surface area contributed by atoms with Gasteiger partial charge in [-0.2, -0.15) is 0 Å². The van der Waals surface area contributed by atoms with Crippen LogP contribution in [0.4, 0.5) is 4.79 Å². The summed E-state index contributed by atoms with van der Waals surface area (Å²) in [7, 11) is 1.31. The predicted molar refractivity (Wildman–Crippen MR) is 79.2 cm³/mol. The highest BCUT2D eigenvalue weighted by molar-refractivity contribution is 6.07. The number of carbonyl (C=O) groups excluding carboxylic acids is 1. The highest BCUT2D eigenvalue weighted by Crippen LogP contribution is 2.36. The van der Waals surface area contributed by atoms with E-state index in [1.807, 2.05) is 49.4 Å². The highest BCUT2D eigenvalue weighted by atomic mass is 16.7. The van der Waals surface area contributed by atoms with E-state index < -0.39 is 6.16 Å². The Balaban J connectivity index is 2.40. The van der Waals surface area contributed by atoms with Gasteiger partial charge in [0.05, 0.1) is 7.11 Å². The summed E-state index contributed by atoms with van der Waals surface area (Å²) >= 11 is 0. The van der Waals surface area contributed by atoms with Gasteiger partial charge in [0.15, 0.2) is 0 Å². The smallest absolute Gasteiger partial charge is 0.437 e. The Bertz CT molecular complexity index is 806. The fourth-order valence-electron chi connectivity index (χ4n) is 2.44. The lowest BCUT2D eigenvalue weighted by molar-refractivity contribution is 0.122. The minimum atomic E-state index is -0.704. The molecule has 0 radical (unpaired) electrons. The maximum absolute atomic E-state index is 11.5. The van der Waals surface area contributed by atoms with Crippen LogP contribution in [0.3, 0.4) is 0 Å². The topological polar surface area (TPSA) is 35.5 Å². The van der Waals surface area contributed by atoms with E-state index in [0.717, 1.165) is 27.1 Å². The van der Waals surface area contributed by atoms with Crippen LogP contribution in [0.15, 0.2) is 48.5 Å². The molecule has 3 aromatic carbocycles. The minimum absolute atomic E-state index is 0.550. The van der Waals surface area contributed by atoms with Crippen molar-refractivity contribution in [2.45, 2.75) is 6.92 Å². The number of benzene rings is 3. The van der Waals surface area contributed by atoms with Gasteiger partial charge in [0.1, 0.15) is 5.75 Å². The average Bonchev–Trinajstić information content (AvgIpc) is 2.48. The summed E-state index contributed by atoms with van der Waals surface area (Å²) in [5.41, 5.74) is 1.14. The number of hydrogen-bond donors (Lipinski definition) is 0. The van der Waals surface area contributed by atoms with Crippen LogP contribution in [0.1, 0.15) is 5.56 Å². The zero-order valence-electron chi connectivity index (χ0n) is 11.3. The van der Waals surface area contributed by atoms with Crippen LogP contribution >= 0.6 is 0 Å². The summed E-state index contributed by atoms with van der Waals surface area (Å²) in [6, 6.07) is 15.9. The van der Waals surface area contributed by atoms with Crippen molar-refractivity contribution in [1.29, 1.82) is 0 Å². The third-order valence-electron chi connectivity index (χ3n) is 3.43. The van der Waals surface area contributed by atoms with Gasteiger partial charge >= 0.3 is 6.16 Å². The monoisotopic (exact) mass is 266 g/mol. The van der Waals surface area contributed by atoms with E-state index in [1.54, 1.807) is 0 Å². The Morgan fingerprint density at radius 1 is 0.950 bits per heavy atom. The van der Waals surface area contributed by atoms with Crippen molar-refractivity contribution >= 4 is 27.7 Å². The van der Waals surface area contributed by atoms with E-state index in [9.17, 15) is 4.79 Å². The molecule has 0 saturated heterocycles. The van der Waals surface area contributed by atoms with Gasteiger partial charge in [-0.15, -0.1) is 0 Å². The molecule has 0 heterocycles. The Morgan fingerprint density at radius 2 is 1.70 bits per heavy atom. The van der Waals surface area contributed by atoms with Crippen LogP contribution in [-0.4, -0.2) is 13.3 Å². The fraction of sp³-hybridized carbons (Fsp3) is 0.118. The molecular weight excluding hydrogens is 252 g/mol. The average molecular weight is 266 g/mol. The summed E-state index contributed by atoms with van der Waals surface area (Å²) in [5.74, 6) is 0.550. The Hall–Kier alpha value is -2.55. The molecule has 0 unspecified atom stereocenters. The molecule has 3 rings (SSSR count). The predicted octanol–water partition coefficient (Wildman–Crippen LogP) is 4.45. The van der Waals surface area contributed by atoms with Gasteiger partial charge in [0.2, 0.25) is 0 Å². The van der Waals surface area contributed by atoms with E-state index in [0.29, 0.717) is 5.75 Å². The SMILES string of the molecule is COC(=O)Oc1c2ccccc2cc2c(C)cccc12. The second-order valence-electron chi connectivity index (χ2n) is 4.65. The van der Waals surface area contributed by atoms with Crippen molar-refractivity contribution in [2.75, 3.05) is 7.11 Å². The second-order valence-corrected chi connectivity index (χ2v) is 4.65. The molecule has 3 aromatic rings. The summed E-state index contributed by atoms with van der Waals surface area (Å²) in [6.45, 7) is 2.04. The van der Waals surface area contributed by atoms with E-state index in [4.69, 9.17) is 4.74 Å². The maximum atomic E-state index is 11.5. The highest BCUT2D eigenvalue weighted by Gasteiger charge is 2.13. The van der Waals surface area contributed by atoms with Crippen LogP contribution in [0.5, 0.6) is 5.75 Å². The van der Waals surface area contributed by atoms with E-state index >= 15 is 0 Å². The molecule has 0 aliphatic rings. The van der Waals surface area contributed by atoms with Crippen LogP contribution in [-0.2, 0) is 4.74 Å². The van der Waals surface area contributed by atoms with E-state index in [1.165, 1.54) is 7.11 Å². The normalized spacial score (nSPS) is 10.7. The van der Waals surface area contributed by atoms with Crippen molar-refractivity contribution in [3.05, 3.63) is 54.1 Å². The van der Waals surface area contributed by atoms with Gasteiger partial charge in [-0.1, -0.05) is 42.5 Å². The molecule has 0 saturated carbocycles. The molecular formula is C17H14O3. The third kappa shape index (κ3) is 1.97. The van der Waals surface area contributed by atoms with Crippen LogP contribution in [0.25, 0.3) is 21.5 Å². The molecule has 0 N–H and O–H groups in total. The zero-order valence-corrected chi connectivity index (χ0v) is 11.3. The van der Waals surface area contributed by atoms with Gasteiger partial charge in [-0.05, 0) is 29.3 Å². The number of rotatable bonds is 1. The molecule has 0 aromatic heterocycles. The number of aryl methyl sites for hydroxylation is 1. The first kappa shape index (κ1) is 12.5. The number of hydrogen-bond acceptors (Lipinski definition) is 3. The molecule has 100 valence electrons. The lowest BCUT2D eigenvalue weighted by atomic mass is 9.99. The minimum Gasteiger partial charge on any atom is -0.437 e. The van der Waals surface area contributed by atoms with Gasteiger partial charge in [-0.3, -0.25) is 0 Å². The first-order valence-electron chi connectivity index (χ1n) is 6.37. The molecule has 0 atom stereocenters. The fourth-order valence-corrected chi connectivity index (χ4v) is 2.44. The first-order valence-corrected chi connectivity index (χ1v) is 6.37. The zero-order chi connectivity index (χ0) is 14.1. The van der Waals surface area contributed by atoms with Crippen molar-refractivity contribution in [3.8, 4) is 5.75 Å². The van der Waals surface area contributed by atoms with Gasteiger partial charge in [0, 0.05) is 10.8 Å². The molecule has 0 spiro atoms. The Morgan fingerprint density at radius 3 is 2.50 bits per heavy atom. The molecule has 0 fully saturated rings. The summed E-state index contributed by atoms with van der Waals surface area (Å²) < 4.78 is 10.0. The molecule has 20 heavy (non-hydrogen) atoms. The van der Waals surface area contributed by atoms with Crippen molar-refractivity contribution in [2.24, 2.45) is 0 Å². The maximum Gasteiger partial charge on any atom is 0.513 e. The van der Waals surface area contributed by atoms with Crippen LogP contribution in [0.2, 0.25) is 0 Å². The number of carbonyl (C=O) groups is 1. The summed E-state index contributed by atoms with van der Waals surface area (Å²) in [5, 5.41) is 3.92. The van der Waals surface area contributed by atoms with Crippen molar-refractivity contribution < 1.29 is 14.3 Å². The number of fused-ring (bicyclic) bond motifs is 2. The van der Waals surface area contributed by atoms with Gasteiger partial charge < -0.3 is 9.47 Å². The molecule has 0 aliphatic carbocycles. The lowest BCUT2D eigenvalue weighted by Gasteiger charge is -2.12. The molecule has 3 heteroatoms. The van der Waals surface area contributed by atoms with Gasteiger partial charge in [0.25, 0.3) is 0 Å². The van der Waals surface area contributed by atoms with Gasteiger partial charge in [-0.25, -0.2) is 4.79 Å².